The molecular formula is C21H17FN4O. The maximum Gasteiger partial charge on any atom is 0.252 e. The number of hydrogen-bond donors (Lipinski definition) is 2. The van der Waals surface area contributed by atoms with E-state index in [1.54, 1.807) is 42.6 Å². The number of nitriles is 1. The quantitative estimate of drug-likeness (QED) is 0.701. The van der Waals surface area contributed by atoms with E-state index in [-0.39, 0.29) is 11.7 Å². The summed E-state index contributed by atoms with van der Waals surface area (Å²) in [5, 5.41) is 14.9. The Morgan fingerprint density at radius 2 is 1.89 bits per heavy atom. The maximum absolute atomic E-state index is 12.9. The van der Waals surface area contributed by atoms with Crippen LogP contribution in [-0.4, -0.2) is 17.4 Å². The highest BCUT2D eigenvalue weighted by molar-refractivity contribution is 5.94. The standard InChI is InChI=1S/C21H17FN4O/c22-18-6-4-15(5-7-18)8-9-25-21(27)17-11-20(14-24-13-17)26-19-3-1-2-16(10-19)12-23/h1-7,10-11,13-14,26H,8-9H2,(H,25,27). The van der Waals surface area contributed by atoms with Gasteiger partial charge in [-0.05, 0) is 48.4 Å². The second kappa shape index (κ2) is 8.59. The van der Waals surface area contributed by atoms with Crippen molar-refractivity contribution in [3.63, 3.8) is 0 Å². The monoisotopic (exact) mass is 360 g/mol. The number of nitrogens with zero attached hydrogens (tertiary/aromatic N) is 2. The number of rotatable bonds is 6. The molecule has 1 amide bonds. The molecule has 3 aromatic rings. The van der Waals surface area contributed by atoms with Crippen LogP contribution in [0.1, 0.15) is 21.5 Å². The molecule has 3 rings (SSSR count). The number of carbonyl (C=O) groups is 1. The minimum atomic E-state index is -0.279. The Kier molecular flexibility index (Phi) is 5.75. The van der Waals surface area contributed by atoms with Crippen LogP contribution < -0.4 is 10.6 Å². The summed E-state index contributed by atoms with van der Waals surface area (Å²) in [5.74, 6) is -0.516. The average Bonchev–Trinajstić information content (AvgIpc) is 2.70. The lowest BCUT2D eigenvalue weighted by Crippen LogP contribution is -2.25. The predicted molar refractivity (Wildman–Crippen MR) is 101 cm³/mol. The van der Waals surface area contributed by atoms with Gasteiger partial charge in [0.1, 0.15) is 5.82 Å². The third-order valence-corrected chi connectivity index (χ3v) is 3.89. The summed E-state index contributed by atoms with van der Waals surface area (Å²) >= 11 is 0. The lowest BCUT2D eigenvalue weighted by molar-refractivity contribution is 0.0954. The van der Waals surface area contributed by atoms with E-state index >= 15 is 0 Å². The summed E-state index contributed by atoms with van der Waals surface area (Å²) in [6, 6.07) is 17.0. The van der Waals surface area contributed by atoms with E-state index in [1.807, 2.05) is 6.07 Å². The lowest BCUT2D eigenvalue weighted by atomic mass is 10.1. The Hall–Kier alpha value is -3.72. The molecule has 5 nitrogen and oxygen atoms in total. The lowest BCUT2D eigenvalue weighted by Gasteiger charge is -2.09. The maximum atomic E-state index is 12.9. The van der Waals surface area contributed by atoms with Gasteiger partial charge >= 0.3 is 0 Å². The number of aromatic nitrogens is 1. The molecule has 0 fully saturated rings. The van der Waals surface area contributed by atoms with E-state index < -0.39 is 0 Å². The molecule has 0 aliphatic heterocycles. The molecule has 0 aliphatic carbocycles. The van der Waals surface area contributed by atoms with Crippen LogP contribution >= 0.6 is 0 Å². The van der Waals surface area contributed by atoms with Crippen molar-refractivity contribution >= 4 is 17.3 Å². The van der Waals surface area contributed by atoms with Gasteiger partial charge in [-0.15, -0.1) is 0 Å². The first-order valence-corrected chi connectivity index (χ1v) is 8.39. The van der Waals surface area contributed by atoms with Gasteiger partial charge in [-0.3, -0.25) is 9.78 Å². The molecule has 1 heterocycles. The van der Waals surface area contributed by atoms with Gasteiger partial charge in [-0.25, -0.2) is 4.39 Å². The fourth-order valence-corrected chi connectivity index (χ4v) is 2.54. The van der Waals surface area contributed by atoms with E-state index in [0.29, 0.717) is 29.8 Å². The molecule has 0 aliphatic rings. The van der Waals surface area contributed by atoms with Crippen LogP contribution in [0.3, 0.4) is 0 Å². The van der Waals surface area contributed by atoms with Crippen molar-refractivity contribution in [1.29, 1.82) is 5.26 Å². The molecular weight excluding hydrogens is 343 g/mol. The third-order valence-electron chi connectivity index (χ3n) is 3.89. The number of halogens is 1. The van der Waals surface area contributed by atoms with Gasteiger partial charge in [-0.1, -0.05) is 18.2 Å². The van der Waals surface area contributed by atoms with E-state index in [0.717, 1.165) is 11.3 Å². The smallest absolute Gasteiger partial charge is 0.252 e. The van der Waals surface area contributed by atoms with Crippen molar-refractivity contribution < 1.29 is 9.18 Å². The molecule has 1 aromatic heterocycles. The summed E-state index contributed by atoms with van der Waals surface area (Å²) in [5.41, 5.74) is 3.31. The molecule has 2 aromatic carbocycles. The summed E-state index contributed by atoms with van der Waals surface area (Å²) in [6.45, 7) is 0.437. The zero-order chi connectivity index (χ0) is 19.1. The molecule has 6 heteroatoms. The largest absolute Gasteiger partial charge is 0.354 e. The molecule has 0 saturated carbocycles. The summed E-state index contributed by atoms with van der Waals surface area (Å²) in [6.07, 6.45) is 3.71. The number of anilines is 2. The predicted octanol–water partition coefficient (Wildman–Crippen LogP) is 3.81. The van der Waals surface area contributed by atoms with Crippen molar-refractivity contribution in [2.45, 2.75) is 6.42 Å². The first-order valence-electron chi connectivity index (χ1n) is 8.39. The number of carbonyl (C=O) groups excluding carboxylic acids is 1. The Labute approximate surface area is 156 Å². The van der Waals surface area contributed by atoms with Gasteiger partial charge in [0.05, 0.1) is 29.1 Å². The van der Waals surface area contributed by atoms with Crippen LogP contribution in [-0.2, 0) is 6.42 Å². The molecule has 0 bridgehead atoms. The van der Waals surface area contributed by atoms with E-state index in [9.17, 15) is 9.18 Å². The second-order valence-corrected chi connectivity index (χ2v) is 5.91. The Balaban J connectivity index is 1.59. The molecule has 0 radical (unpaired) electrons. The number of amides is 1. The highest BCUT2D eigenvalue weighted by Gasteiger charge is 2.07. The van der Waals surface area contributed by atoms with Crippen molar-refractivity contribution in [3.8, 4) is 6.07 Å². The highest BCUT2D eigenvalue weighted by atomic mass is 19.1. The van der Waals surface area contributed by atoms with Gasteiger partial charge in [-0.2, -0.15) is 5.26 Å². The van der Waals surface area contributed by atoms with Crippen LogP contribution in [0.15, 0.2) is 67.0 Å². The van der Waals surface area contributed by atoms with Crippen molar-refractivity contribution in [2.75, 3.05) is 11.9 Å². The minimum absolute atomic E-state index is 0.237. The van der Waals surface area contributed by atoms with E-state index in [2.05, 4.69) is 21.7 Å². The third kappa shape index (κ3) is 5.13. The van der Waals surface area contributed by atoms with Crippen LogP contribution in [0.4, 0.5) is 15.8 Å². The van der Waals surface area contributed by atoms with E-state index in [1.165, 1.54) is 18.3 Å². The molecule has 0 saturated heterocycles. The molecule has 0 atom stereocenters. The van der Waals surface area contributed by atoms with Crippen LogP contribution in [0.5, 0.6) is 0 Å². The average molecular weight is 360 g/mol. The fourth-order valence-electron chi connectivity index (χ4n) is 2.54. The van der Waals surface area contributed by atoms with Crippen molar-refractivity contribution in [1.82, 2.24) is 10.3 Å². The fraction of sp³-hybridized carbons (Fsp3) is 0.0952. The molecule has 0 unspecified atom stereocenters. The number of nitrogens with one attached hydrogen (secondary N) is 2. The Bertz CT molecular complexity index is 980. The molecule has 0 spiro atoms. The van der Waals surface area contributed by atoms with E-state index in [4.69, 9.17) is 5.26 Å². The molecule has 27 heavy (non-hydrogen) atoms. The Morgan fingerprint density at radius 1 is 1.07 bits per heavy atom. The van der Waals surface area contributed by atoms with Crippen molar-refractivity contribution in [3.05, 3.63) is 89.5 Å². The Morgan fingerprint density at radius 3 is 2.67 bits per heavy atom. The molecule has 134 valence electrons. The SMILES string of the molecule is N#Cc1cccc(Nc2cncc(C(=O)NCCc3ccc(F)cc3)c2)c1. The van der Waals surface area contributed by atoms with Crippen LogP contribution in [0, 0.1) is 17.1 Å². The topological polar surface area (TPSA) is 77.8 Å². The first-order chi connectivity index (χ1) is 13.1. The van der Waals surface area contributed by atoms with Gasteiger partial charge in [0, 0.05) is 18.4 Å². The zero-order valence-corrected chi connectivity index (χ0v) is 14.4. The number of hydrogen-bond acceptors (Lipinski definition) is 4. The molecule has 2 N–H and O–H groups in total. The highest BCUT2D eigenvalue weighted by Crippen LogP contribution is 2.17. The van der Waals surface area contributed by atoms with Crippen LogP contribution in [0.2, 0.25) is 0 Å². The van der Waals surface area contributed by atoms with Gasteiger partial charge < -0.3 is 10.6 Å². The van der Waals surface area contributed by atoms with Gasteiger partial charge in [0.15, 0.2) is 0 Å². The zero-order valence-electron chi connectivity index (χ0n) is 14.4. The second-order valence-electron chi connectivity index (χ2n) is 5.91. The van der Waals surface area contributed by atoms with Crippen molar-refractivity contribution in [2.24, 2.45) is 0 Å². The van der Waals surface area contributed by atoms with Crippen LogP contribution in [0.25, 0.3) is 0 Å². The number of pyridine rings is 1. The normalized spacial score (nSPS) is 10.1. The summed E-state index contributed by atoms with van der Waals surface area (Å²) in [7, 11) is 0. The van der Waals surface area contributed by atoms with Gasteiger partial charge in [0.2, 0.25) is 0 Å². The summed E-state index contributed by atoms with van der Waals surface area (Å²) < 4.78 is 12.9. The minimum Gasteiger partial charge on any atom is -0.354 e. The summed E-state index contributed by atoms with van der Waals surface area (Å²) in [4.78, 5) is 16.4. The number of benzene rings is 2. The van der Waals surface area contributed by atoms with Gasteiger partial charge in [0.25, 0.3) is 5.91 Å². The first kappa shape index (κ1) is 18.1.